The van der Waals surface area contributed by atoms with Gasteiger partial charge < -0.3 is 10.6 Å². The second-order valence-electron chi connectivity index (χ2n) is 4.13. The molecular formula is C14H15F2N3. The Labute approximate surface area is 110 Å². The molecule has 0 saturated heterocycles. The first-order valence-corrected chi connectivity index (χ1v) is 6.00. The van der Waals surface area contributed by atoms with Gasteiger partial charge in [-0.25, -0.2) is 13.8 Å². The number of benzene rings is 1. The van der Waals surface area contributed by atoms with E-state index >= 15 is 0 Å². The fraction of sp³-hybridized carbons (Fsp3) is 0.214. The van der Waals surface area contributed by atoms with Crippen molar-refractivity contribution in [2.45, 2.75) is 6.42 Å². The number of nitrogens with zero attached hydrogens (tertiary/aromatic N) is 1. The highest BCUT2D eigenvalue weighted by molar-refractivity contribution is 5.51. The lowest BCUT2D eigenvalue weighted by Gasteiger charge is -2.08. The molecule has 5 heteroatoms. The zero-order valence-corrected chi connectivity index (χ0v) is 10.6. The smallest absolute Gasteiger partial charge is 0.127 e. The van der Waals surface area contributed by atoms with E-state index in [0.29, 0.717) is 18.5 Å². The van der Waals surface area contributed by atoms with E-state index in [0.717, 1.165) is 17.6 Å². The van der Waals surface area contributed by atoms with Crippen molar-refractivity contribution < 1.29 is 8.78 Å². The Hall–Kier alpha value is -2.17. The number of pyridine rings is 1. The van der Waals surface area contributed by atoms with Crippen molar-refractivity contribution in [1.29, 1.82) is 0 Å². The molecule has 0 aliphatic carbocycles. The number of halogens is 2. The Morgan fingerprint density at radius 1 is 1.11 bits per heavy atom. The van der Waals surface area contributed by atoms with E-state index in [1.54, 1.807) is 13.2 Å². The van der Waals surface area contributed by atoms with E-state index in [1.165, 1.54) is 12.1 Å². The van der Waals surface area contributed by atoms with Gasteiger partial charge in [-0.2, -0.15) is 0 Å². The van der Waals surface area contributed by atoms with Crippen LogP contribution >= 0.6 is 0 Å². The van der Waals surface area contributed by atoms with Crippen LogP contribution in [0.5, 0.6) is 0 Å². The van der Waals surface area contributed by atoms with E-state index in [9.17, 15) is 8.78 Å². The van der Waals surface area contributed by atoms with Crippen LogP contribution in [0, 0.1) is 11.6 Å². The first kappa shape index (κ1) is 13.3. The van der Waals surface area contributed by atoms with Crippen LogP contribution in [0.15, 0.2) is 36.5 Å². The summed E-state index contributed by atoms with van der Waals surface area (Å²) in [7, 11) is 1.79. The van der Waals surface area contributed by atoms with E-state index in [-0.39, 0.29) is 0 Å². The molecule has 0 aliphatic rings. The molecule has 0 fully saturated rings. The van der Waals surface area contributed by atoms with Crippen LogP contribution in [0.25, 0.3) is 0 Å². The van der Waals surface area contributed by atoms with Crippen LogP contribution in [0.1, 0.15) is 5.56 Å². The van der Waals surface area contributed by atoms with Crippen molar-refractivity contribution in [3.05, 3.63) is 53.7 Å². The molecule has 0 spiro atoms. The summed E-state index contributed by atoms with van der Waals surface area (Å²) in [5, 5.41) is 6.12. The van der Waals surface area contributed by atoms with Gasteiger partial charge in [0.2, 0.25) is 0 Å². The molecule has 0 amide bonds. The van der Waals surface area contributed by atoms with Gasteiger partial charge in [-0.1, -0.05) is 0 Å². The van der Waals surface area contributed by atoms with E-state index in [1.807, 2.05) is 12.1 Å². The van der Waals surface area contributed by atoms with Gasteiger partial charge in [-0.05, 0) is 30.2 Å². The van der Waals surface area contributed by atoms with E-state index in [4.69, 9.17) is 0 Å². The zero-order valence-electron chi connectivity index (χ0n) is 10.6. The number of hydrogen-bond donors (Lipinski definition) is 2. The lowest BCUT2D eigenvalue weighted by Crippen LogP contribution is -2.06. The molecular weight excluding hydrogens is 248 g/mol. The lowest BCUT2D eigenvalue weighted by atomic mass is 10.1. The second kappa shape index (κ2) is 6.13. The summed E-state index contributed by atoms with van der Waals surface area (Å²) in [6.07, 6.45) is 2.24. The monoisotopic (exact) mass is 263 g/mol. The van der Waals surface area contributed by atoms with Crippen LogP contribution in [-0.4, -0.2) is 18.6 Å². The third-order valence-electron chi connectivity index (χ3n) is 2.68. The topological polar surface area (TPSA) is 37.0 Å². The average molecular weight is 263 g/mol. The van der Waals surface area contributed by atoms with Crippen LogP contribution in [0.3, 0.4) is 0 Å². The summed E-state index contributed by atoms with van der Waals surface area (Å²) < 4.78 is 26.0. The van der Waals surface area contributed by atoms with Gasteiger partial charge in [-0.15, -0.1) is 0 Å². The molecule has 19 heavy (non-hydrogen) atoms. The Kier molecular flexibility index (Phi) is 4.28. The molecule has 2 rings (SSSR count). The van der Waals surface area contributed by atoms with Crippen molar-refractivity contribution in [3.8, 4) is 0 Å². The predicted octanol–water partition coefficient (Wildman–Crippen LogP) is 3.06. The SMILES string of the molecule is CNc1cc(NCCc2cc(F)cc(F)c2)ccn1. The van der Waals surface area contributed by atoms with Gasteiger partial charge in [0.05, 0.1) is 0 Å². The fourth-order valence-corrected chi connectivity index (χ4v) is 1.78. The number of rotatable bonds is 5. The third-order valence-corrected chi connectivity index (χ3v) is 2.68. The van der Waals surface area contributed by atoms with Crippen molar-refractivity contribution in [3.63, 3.8) is 0 Å². The highest BCUT2D eigenvalue weighted by Crippen LogP contribution is 2.12. The zero-order chi connectivity index (χ0) is 13.7. The van der Waals surface area contributed by atoms with Crippen LogP contribution in [0.2, 0.25) is 0 Å². The van der Waals surface area contributed by atoms with Crippen molar-refractivity contribution in [2.75, 3.05) is 24.2 Å². The minimum absolute atomic E-state index is 0.545. The van der Waals surface area contributed by atoms with Gasteiger partial charge in [0.1, 0.15) is 17.5 Å². The Morgan fingerprint density at radius 3 is 2.53 bits per heavy atom. The first-order chi connectivity index (χ1) is 9.17. The number of aromatic nitrogens is 1. The number of anilines is 2. The van der Waals surface area contributed by atoms with Crippen molar-refractivity contribution >= 4 is 11.5 Å². The molecule has 100 valence electrons. The third kappa shape index (κ3) is 3.91. The van der Waals surface area contributed by atoms with E-state index < -0.39 is 11.6 Å². The summed E-state index contributed by atoms with van der Waals surface area (Å²) in [5.74, 6) is -0.324. The molecule has 2 N–H and O–H groups in total. The van der Waals surface area contributed by atoms with Gasteiger partial charge in [0.25, 0.3) is 0 Å². The highest BCUT2D eigenvalue weighted by atomic mass is 19.1. The lowest BCUT2D eigenvalue weighted by molar-refractivity contribution is 0.580. The standard InChI is InChI=1S/C14H15F2N3/c1-17-14-9-13(3-5-19-14)18-4-2-10-6-11(15)8-12(16)7-10/h3,5-9H,2,4H2,1H3,(H2,17,18,19). The maximum Gasteiger partial charge on any atom is 0.127 e. The molecule has 0 atom stereocenters. The van der Waals surface area contributed by atoms with Gasteiger partial charge >= 0.3 is 0 Å². The molecule has 1 heterocycles. The Morgan fingerprint density at radius 2 is 1.84 bits per heavy atom. The van der Waals surface area contributed by atoms with Crippen LogP contribution in [-0.2, 0) is 6.42 Å². The molecule has 0 saturated carbocycles. The molecule has 0 aliphatic heterocycles. The molecule has 2 aromatic rings. The van der Waals surface area contributed by atoms with Crippen molar-refractivity contribution in [1.82, 2.24) is 4.98 Å². The molecule has 3 nitrogen and oxygen atoms in total. The van der Waals surface area contributed by atoms with Gasteiger partial charge in [-0.3, -0.25) is 0 Å². The van der Waals surface area contributed by atoms with E-state index in [2.05, 4.69) is 15.6 Å². The summed E-state index contributed by atoms with van der Waals surface area (Å²) in [6.45, 7) is 0.593. The maximum atomic E-state index is 13.0. The Bertz CT molecular complexity index is 538. The highest BCUT2D eigenvalue weighted by Gasteiger charge is 2.01. The summed E-state index contributed by atoms with van der Waals surface area (Å²) in [4.78, 5) is 4.10. The summed E-state index contributed by atoms with van der Waals surface area (Å²) in [6, 6.07) is 7.27. The molecule has 1 aromatic carbocycles. The molecule has 0 bridgehead atoms. The normalized spacial score (nSPS) is 10.3. The quantitative estimate of drug-likeness (QED) is 0.870. The molecule has 0 unspecified atom stereocenters. The average Bonchev–Trinajstić information content (AvgIpc) is 2.38. The van der Waals surface area contributed by atoms with Gasteiger partial charge in [0.15, 0.2) is 0 Å². The Balaban J connectivity index is 1.92. The number of hydrogen-bond acceptors (Lipinski definition) is 3. The summed E-state index contributed by atoms with van der Waals surface area (Å²) >= 11 is 0. The summed E-state index contributed by atoms with van der Waals surface area (Å²) in [5.41, 5.74) is 1.55. The predicted molar refractivity (Wildman–Crippen MR) is 72.3 cm³/mol. The largest absolute Gasteiger partial charge is 0.385 e. The minimum Gasteiger partial charge on any atom is -0.385 e. The van der Waals surface area contributed by atoms with Gasteiger partial charge in [0, 0.05) is 37.6 Å². The van der Waals surface area contributed by atoms with Crippen molar-refractivity contribution in [2.24, 2.45) is 0 Å². The molecule has 1 aromatic heterocycles. The second-order valence-corrected chi connectivity index (χ2v) is 4.13. The van der Waals surface area contributed by atoms with Crippen LogP contribution < -0.4 is 10.6 Å². The first-order valence-electron chi connectivity index (χ1n) is 6.00. The van der Waals surface area contributed by atoms with Crippen LogP contribution in [0.4, 0.5) is 20.3 Å². The molecule has 0 radical (unpaired) electrons. The number of nitrogens with one attached hydrogen (secondary N) is 2. The fourth-order valence-electron chi connectivity index (χ4n) is 1.78. The maximum absolute atomic E-state index is 13.0. The minimum atomic E-state index is -0.545.